The van der Waals surface area contributed by atoms with Gasteiger partial charge in [0.15, 0.2) is 11.3 Å². The molecule has 1 aromatic rings. The molecule has 2 aliphatic heterocycles. The second kappa shape index (κ2) is 6.65. The largest absolute Gasteiger partial charge is 0.295 e. The quantitative estimate of drug-likeness (QED) is 0.589. The smallest absolute Gasteiger partial charge is 0.263 e. The zero-order valence-corrected chi connectivity index (χ0v) is 15.6. The van der Waals surface area contributed by atoms with Crippen LogP contribution in [0, 0.1) is 6.42 Å². The molecule has 3 aliphatic rings. The fourth-order valence-electron chi connectivity index (χ4n) is 4.62. The van der Waals surface area contributed by atoms with Gasteiger partial charge in [0, 0.05) is 6.04 Å². The number of fused-ring (bicyclic) bond motifs is 1. The van der Waals surface area contributed by atoms with E-state index in [9.17, 15) is 24.0 Å². The molecule has 28 heavy (non-hydrogen) atoms. The molecule has 2 fully saturated rings. The molecule has 7 heteroatoms. The Morgan fingerprint density at radius 3 is 2.04 bits per heavy atom. The summed E-state index contributed by atoms with van der Waals surface area (Å²) in [7, 11) is 0. The zero-order valence-electron chi connectivity index (χ0n) is 15.6. The first kappa shape index (κ1) is 18.5. The van der Waals surface area contributed by atoms with Crippen molar-refractivity contribution in [1.82, 2.24) is 9.80 Å². The van der Waals surface area contributed by atoms with E-state index in [4.69, 9.17) is 0 Å². The van der Waals surface area contributed by atoms with Crippen molar-refractivity contribution in [3.05, 3.63) is 41.8 Å². The highest BCUT2D eigenvalue weighted by atomic mass is 16.2. The number of carbonyl (C=O) groups is 5. The normalized spacial score (nSPS) is 26.2. The van der Waals surface area contributed by atoms with Crippen LogP contribution in [-0.2, 0) is 14.4 Å². The van der Waals surface area contributed by atoms with Crippen molar-refractivity contribution in [1.29, 1.82) is 0 Å². The third kappa shape index (κ3) is 2.38. The fourth-order valence-corrected chi connectivity index (χ4v) is 4.62. The number of hydrogen-bond acceptors (Lipinski definition) is 5. The lowest BCUT2D eigenvalue weighted by atomic mass is 9.80. The van der Waals surface area contributed by atoms with Gasteiger partial charge in [0.05, 0.1) is 11.1 Å². The van der Waals surface area contributed by atoms with Gasteiger partial charge < -0.3 is 0 Å². The number of piperidine rings is 1. The molecule has 7 nitrogen and oxygen atoms in total. The summed E-state index contributed by atoms with van der Waals surface area (Å²) in [4.78, 5) is 67.0. The summed E-state index contributed by atoms with van der Waals surface area (Å²) in [5, 5.41) is 0. The molecular weight excluding hydrogens is 360 g/mol. The molecule has 145 valence electrons. The van der Waals surface area contributed by atoms with Crippen LogP contribution >= 0.6 is 0 Å². The van der Waals surface area contributed by atoms with E-state index in [-0.39, 0.29) is 23.6 Å². The monoisotopic (exact) mass is 381 g/mol. The van der Waals surface area contributed by atoms with Crippen LogP contribution in [0.5, 0.6) is 0 Å². The zero-order chi connectivity index (χ0) is 20.1. The second-order valence-corrected chi connectivity index (χ2v) is 7.52. The van der Waals surface area contributed by atoms with Gasteiger partial charge in [-0.25, -0.2) is 0 Å². The highest BCUT2D eigenvalue weighted by Gasteiger charge is 2.62. The van der Waals surface area contributed by atoms with Gasteiger partial charge in [-0.05, 0) is 31.4 Å². The molecule has 4 amide bonds. The molecule has 1 aliphatic carbocycles. The van der Waals surface area contributed by atoms with Crippen LogP contribution in [0.25, 0.3) is 0 Å². The van der Waals surface area contributed by atoms with Gasteiger partial charge in [-0.3, -0.25) is 33.8 Å². The Balaban J connectivity index is 1.80. The average Bonchev–Trinajstić information content (AvgIpc) is 2.95. The van der Waals surface area contributed by atoms with Crippen LogP contribution in [0.4, 0.5) is 0 Å². The molecule has 1 atom stereocenters. The number of amides is 4. The van der Waals surface area contributed by atoms with Crippen LogP contribution in [-0.4, -0.2) is 50.8 Å². The highest BCUT2D eigenvalue weighted by Crippen LogP contribution is 2.38. The van der Waals surface area contributed by atoms with Crippen molar-refractivity contribution < 1.29 is 24.0 Å². The van der Waals surface area contributed by atoms with E-state index < -0.39 is 35.0 Å². The molecule has 0 aromatic heterocycles. The Labute approximate surface area is 162 Å². The van der Waals surface area contributed by atoms with Crippen LogP contribution in [0.1, 0.15) is 66.2 Å². The SMILES string of the molecule is CCC1(N2C(=O)c3ccccc3C2=O)C(=O)[CH]C(=O)N(C2CCCCC2)C1=O. The van der Waals surface area contributed by atoms with Crippen molar-refractivity contribution in [2.75, 3.05) is 0 Å². The lowest BCUT2D eigenvalue weighted by Gasteiger charge is -2.45. The Bertz CT molecular complexity index is 867. The molecule has 1 aromatic carbocycles. The van der Waals surface area contributed by atoms with Gasteiger partial charge in [-0.15, -0.1) is 0 Å². The lowest BCUT2D eigenvalue weighted by Crippen LogP contribution is -2.71. The summed E-state index contributed by atoms with van der Waals surface area (Å²) >= 11 is 0. The summed E-state index contributed by atoms with van der Waals surface area (Å²) in [6.07, 6.45) is 4.95. The maximum Gasteiger partial charge on any atom is 0.263 e. The van der Waals surface area contributed by atoms with E-state index in [1.54, 1.807) is 19.1 Å². The van der Waals surface area contributed by atoms with Crippen molar-refractivity contribution in [2.24, 2.45) is 0 Å². The Kier molecular flexibility index (Phi) is 4.40. The van der Waals surface area contributed by atoms with Crippen molar-refractivity contribution in [3.8, 4) is 0 Å². The third-order valence-corrected chi connectivity index (χ3v) is 6.10. The molecule has 1 saturated carbocycles. The molecule has 1 saturated heterocycles. The Morgan fingerprint density at radius 1 is 0.929 bits per heavy atom. The van der Waals surface area contributed by atoms with Gasteiger partial charge in [0.2, 0.25) is 5.91 Å². The van der Waals surface area contributed by atoms with Gasteiger partial charge in [0.1, 0.15) is 6.42 Å². The minimum atomic E-state index is -2.00. The van der Waals surface area contributed by atoms with Gasteiger partial charge in [-0.2, -0.15) is 0 Å². The van der Waals surface area contributed by atoms with Gasteiger partial charge in [0.25, 0.3) is 17.7 Å². The van der Waals surface area contributed by atoms with E-state index in [0.717, 1.165) is 35.5 Å². The number of imide groups is 2. The number of rotatable bonds is 3. The summed E-state index contributed by atoms with van der Waals surface area (Å²) in [6, 6.07) is 5.95. The Morgan fingerprint density at radius 2 is 1.50 bits per heavy atom. The lowest BCUT2D eigenvalue weighted by molar-refractivity contribution is -0.161. The molecule has 0 bridgehead atoms. The first-order valence-electron chi connectivity index (χ1n) is 9.68. The van der Waals surface area contributed by atoms with E-state index in [1.165, 1.54) is 12.1 Å². The van der Waals surface area contributed by atoms with E-state index >= 15 is 0 Å². The van der Waals surface area contributed by atoms with Crippen LogP contribution in [0.2, 0.25) is 0 Å². The first-order chi connectivity index (χ1) is 13.4. The maximum atomic E-state index is 13.5. The minimum absolute atomic E-state index is 0.0802. The molecule has 4 rings (SSSR count). The van der Waals surface area contributed by atoms with Crippen LogP contribution < -0.4 is 0 Å². The predicted octanol–water partition coefficient (Wildman–Crippen LogP) is 1.91. The summed E-state index contributed by atoms with van der Waals surface area (Å²) in [5.41, 5.74) is -1.66. The number of nitrogens with zero attached hydrogens (tertiary/aromatic N) is 2. The van der Waals surface area contributed by atoms with E-state index in [1.807, 2.05) is 0 Å². The van der Waals surface area contributed by atoms with Crippen LogP contribution in [0.3, 0.4) is 0 Å². The third-order valence-electron chi connectivity index (χ3n) is 6.10. The Hall–Kier alpha value is -2.83. The van der Waals surface area contributed by atoms with Gasteiger partial charge >= 0.3 is 0 Å². The molecular formula is C21H21N2O5. The van der Waals surface area contributed by atoms with E-state index in [2.05, 4.69) is 0 Å². The number of likely N-dealkylation sites (tertiary alicyclic amines) is 1. The molecule has 1 radical (unpaired) electrons. The fraction of sp³-hybridized carbons (Fsp3) is 0.429. The molecule has 1 unspecified atom stereocenters. The molecule has 2 heterocycles. The number of hydrogen-bond donors (Lipinski definition) is 0. The van der Waals surface area contributed by atoms with Crippen molar-refractivity contribution >= 4 is 29.4 Å². The van der Waals surface area contributed by atoms with Crippen molar-refractivity contribution in [2.45, 2.75) is 57.0 Å². The highest BCUT2D eigenvalue weighted by molar-refractivity contribution is 6.35. The van der Waals surface area contributed by atoms with Gasteiger partial charge in [-0.1, -0.05) is 38.3 Å². The summed E-state index contributed by atoms with van der Waals surface area (Å²) in [5.74, 6) is -3.55. The number of Topliss-reactive ketones (excluding diaryl/α,β-unsaturated/α-hetero) is 1. The number of ketones is 1. The summed E-state index contributed by atoms with van der Waals surface area (Å²) < 4.78 is 0. The number of carbonyl (C=O) groups excluding carboxylic acids is 5. The topological polar surface area (TPSA) is 91.8 Å². The van der Waals surface area contributed by atoms with E-state index in [0.29, 0.717) is 12.8 Å². The predicted molar refractivity (Wildman–Crippen MR) is 98.0 cm³/mol. The average molecular weight is 381 g/mol. The first-order valence-corrected chi connectivity index (χ1v) is 9.68. The maximum absolute atomic E-state index is 13.5. The minimum Gasteiger partial charge on any atom is -0.295 e. The summed E-state index contributed by atoms with van der Waals surface area (Å²) in [6.45, 7) is 1.59. The molecule has 0 spiro atoms. The standard InChI is InChI=1S/C21H21N2O5/c1-2-21(23-18(26)14-10-6-7-11-15(14)19(23)27)16(24)12-17(25)22(20(21)28)13-8-4-3-5-9-13/h6-7,10-13H,2-5,8-9H2,1H3. The van der Waals surface area contributed by atoms with Crippen LogP contribution in [0.15, 0.2) is 24.3 Å². The van der Waals surface area contributed by atoms with Crippen molar-refractivity contribution in [3.63, 3.8) is 0 Å². The second-order valence-electron chi connectivity index (χ2n) is 7.52. The number of benzene rings is 1. The molecule has 0 N–H and O–H groups in total.